The van der Waals surface area contributed by atoms with Crippen molar-refractivity contribution in [2.45, 2.75) is 37.1 Å². The number of hydrogen-bond acceptors (Lipinski definition) is 4. The number of carbonyl (C=O) groups excluding carboxylic acids is 2. The Bertz CT molecular complexity index is 1040. The molecule has 1 aliphatic rings. The van der Waals surface area contributed by atoms with Gasteiger partial charge in [-0.2, -0.15) is 0 Å². The van der Waals surface area contributed by atoms with Crippen LogP contribution in [-0.2, 0) is 26.0 Å². The molecule has 0 aliphatic carbocycles. The predicted molar refractivity (Wildman–Crippen MR) is 118 cm³/mol. The van der Waals surface area contributed by atoms with E-state index in [1.54, 1.807) is 29.0 Å². The molecule has 0 bridgehead atoms. The van der Waals surface area contributed by atoms with Crippen molar-refractivity contribution in [2.75, 3.05) is 20.1 Å². The third-order valence-corrected chi connectivity index (χ3v) is 6.83. The van der Waals surface area contributed by atoms with Crippen LogP contribution in [0.15, 0.2) is 59.5 Å². The summed E-state index contributed by atoms with van der Waals surface area (Å²) in [6, 6.07) is 15.6. The van der Waals surface area contributed by atoms with Crippen molar-refractivity contribution in [2.24, 2.45) is 11.1 Å². The zero-order valence-corrected chi connectivity index (χ0v) is 18.7. The molecule has 31 heavy (non-hydrogen) atoms. The van der Waals surface area contributed by atoms with Crippen molar-refractivity contribution in [1.82, 2.24) is 9.80 Å². The minimum Gasteiger partial charge on any atom is -0.342 e. The largest absolute Gasteiger partial charge is 0.342 e. The van der Waals surface area contributed by atoms with Crippen molar-refractivity contribution in [3.05, 3.63) is 65.7 Å². The molecule has 1 aliphatic heterocycles. The second-order valence-electron chi connectivity index (χ2n) is 8.08. The second-order valence-corrected chi connectivity index (χ2v) is 9.65. The minimum atomic E-state index is -3.82. The summed E-state index contributed by atoms with van der Waals surface area (Å²) in [6.07, 6.45) is 1.83. The molecule has 2 amide bonds. The van der Waals surface area contributed by atoms with Crippen molar-refractivity contribution < 1.29 is 18.0 Å². The highest BCUT2D eigenvalue weighted by molar-refractivity contribution is 7.89. The summed E-state index contributed by atoms with van der Waals surface area (Å²) in [6.45, 7) is 2.91. The number of benzene rings is 2. The van der Waals surface area contributed by atoms with Gasteiger partial charge in [-0.25, -0.2) is 13.6 Å². The summed E-state index contributed by atoms with van der Waals surface area (Å²) < 4.78 is 23.3. The summed E-state index contributed by atoms with van der Waals surface area (Å²) in [5.74, 6) is -0.298. The number of nitrogens with zero attached hydrogens (tertiary/aromatic N) is 2. The third kappa shape index (κ3) is 5.71. The van der Waals surface area contributed by atoms with Gasteiger partial charge in [0.2, 0.25) is 21.8 Å². The maximum Gasteiger partial charge on any atom is 0.238 e. The summed E-state index contributed by atoms with van der Waals surface area (Å²) in [7, 11) is -2.11. The van der Waals surface area contributed by atoms with Crippen molar-refractivity contribution in [3.8, 4) is 0 Å². The van der Waals surface area contributed by atoms with Crippen LogP contribution in [0.25, 0.3) is 0 Å². The normalized spacial score (nSPS) is 17.8. The van der Waals surface area contributed by atoms with E-state index in [1.807, 2.05) is 37.3 Å². The highest BCUT2D eigenvalue weighted by Gasteiger charge is 2.32. The average molecular weight is 444 g/mol. The van der Waals surface area contributed by atoms with Gasteiger partial charge in [0.15, 0.2) is 0 Å². The van der Waals surface area contributed by atoms with Gasteiger partial charge in [0, 0.05) is 20.1 Å². The van der Waals surface area contributed by atoms with Crippen molar-refractivity contribution in [3.63, 3.8) is 0 Å². The number of carbonyl (C=O) groups is 2. The lowest BCUT2D eigenvalue weighted by Crippen LogP contribution is -2.46. The smallest absolute Gasteiger partial charge is 0.238 e. The van der Waals surface area contributed by atoms with Crippen LogP contribution in [-0.4, -0.2) is 50.2 Å². The van der Waals surface area contributed by atoms with Gasteiger partial charge in [-0.3, -0.25) is 9.59 Å². The Balaban J connectivity index is 1.66. The zero-order valence-electron chi connectivity index (χ0n) is 17.9. The van der Waals surface area contributed by atoms with E-state index in [2.05, 4.69) is 0 Å². The van der Waals surface area contributed by atoms with Crippen LogP contribution in [0.2, 0.25) is 0 Å². The van der Waals surface area contributed by atoms with Crippen molar-refractivity contribution >= 4 is 21.8 Å². The first-order valence-electron chi connectivity index (χ1n) is 10.4. The lowest BCUT2D eigenvalue weighted by atomic mass is 9.95. The fraction of sp³-hybridized carbons (Fsp3) is 0.391. The predicted octanol–water partition coefficient (Wildman–Crippen LogP) is 2.33. The van der Waals surface area contributed by atoms with E-state index in [4.69, 9.17) is 5.14 Å². The topological polar surface area (TPSA) is 101 Å². The minimum absolute atomic E-state index is 0.0213. The number of hydrogen-bond donors (Lipinski definition) is 1. The first-order chi connectivity index (χ1) is 14.7. The molecular formula is C23H29N3O4S. The van der Waals surface area contributed by atoms with Crippen LogP contribution in [0, 0.1) is 5.92 Å². The molecule has 0 spiro atoms. The third-order valence-electron chi connectivity index (χ3n) is 5.92. The Hall–Kier alpha value is -2.71. The Morgan fingerprint density at radius 3 is 2.55 bits per heavy atom. The van der Waals surface area contributed by atoms with E-state index < -0.39 is 10.0 Å². The molecule has 2 aromatic carbocycles. The quantitative estimate of drug-likeness (QED) is 0.740. The standard InChI is InChI=1S/C23H29N3O4S/c1-17(19-10-6-12-21(15-19)31(24,29)30)25(2)23(28)20-11-7-13-26(16-20)22(27)14-18-8-4-3-5-9-18/h3-6,8-10,12,15,17,20H,7,11,13-14,16H2,1-2H3,(H2,24,29,30). The maximum absolute atomic E-state index is 13.2. The van der Waals surface area contributed by atoms with Gasteiger partial charge in [-0.15, -0.1) is 0 Å². The Labute approximate surface area is 183 Å². The van der Waals surface area contributed by atoms with Gasteiger partial charge in [0.1, 0.15) is 0 Å². The molecule has 1 heterocycles. The van der Waals surface area contributed by atoms with E-state index in [-0.39, 0.29) is 28.7 Å². The fourth-order valence-electron chi connectivity index (χ4n) is 3.94. The van der Waals surface area contributed by atoms with Crippen LogP contribution in [0.4, 0.5) is 0 Å². The number of piperidine rings is 1. The van der Waals surface area contributed by atoms with Crippen LogP contribution in [0.1, 0.15) is 36.9 Å². The summed E-state index contributed by atoms with van der Waals surface area (Å²) >= 11 is 0. The molecule has 166 valence electrons. The number of likely N-dealkylation sites (tertiary alicyclic amines) is 1. The van der Waals surface area contributed by atoms with Gasteiger partial charge in [0.05, 0.1) is 23.3 Å². The highest BCUT2D eigenvalue weighted by Crippen LogP contribution is 2.26. The number of primary sulfonamides is 1. The van der Waals surface area contributed by atoms with E-state index >= 15 is 0 Å². The fourth-order valence-corrected chi connectivity index (χ4v) is 4.51. The Morgan fingerprint density at radius 1 is 1.16 bits per heavy atom. The second kappa shape index (κ2) is 9.62. The van der Waals surface area contributed by atoms with Crippen LogP contribution < -0.4 is 5.14 Å². The Kier molecular flexibility index (Phi) is 7.12. The number of sulfonamides is 1. The number of rotatable bonds is 6. The monoisotopic (exact) mass is 443 g/mol. The van der Waals surface area contributed by atoms with Gasteiger partial charge in [-0.1, -0.05) is 42.5 Å². The van der Waals surface area contributed by atoms with Gasteiger partial charge >= 0.3 is 0 Å². The molecule has 2 atom stereocenters. The first kappa shape index (κ1) is 23.0. The van der Waals surface area contributed by atoms with Gasteiger partial charge in [0.25, 0.3) is 0 Å². The highest BCUT2D eigenvalue weighted by atomic mass is 32.2. The van der Waals surface area contributed by atoms with Crippen LogP contribution in [0.3, 0.4) is 0 Å². The molecule has 0 aromatic heterocycles. The van der Waals surface area contributed by atoms with Gasteiger partial charge in [-0.05, 0) is 43.0 Å². The number of nitrogens with two attached hydrogens (primary N) is 1. The number of amides is 2. The summed E-state index contributed by atoms with van der Waals surface area (Å²) in [5, 5.41) is 5.23. The van der Waals surface area contributed by atoms with E-state index in [0.717, 1.165) is 18.4 Å². The lowest BCUT2D eigenvalue weighted by Gasteiger charge is -2.36. The molecule has 0 radical (unpaired) electrons. The molecule has 3 rings (SSSR count). The van der Waals surface area contributed by atoms with Crippen molar-refractivity contribution in [1.29, 1.82) is 0 Å². The molecule has 8 heteroatoms. The SMILES string of the molecule is CC(c1cccc(S(N)(=O)=O)c1)N(C)C(=O)C1CCCN(C(=O)Cc2ccccc2)C1. The molecule has 7 nitrogen and oxygen atoms in total. The molecule has 0 saturated carbocycles. The maximum atomic E-state index is 13.2. The molecule has 1 fully saturated rings. The molecular weight excluding hydrogens is 414 g/mol. The summed E-state index contributed by atoms with van der Waals surface area (Å²) in [4.78, 5) is 29.3. The lowest BCUT2D eigenvalue weighted by molar-refractivity contribution is -0.141. The molecule has 1 saturated heterocycles. The molecule has 2 N–H and O–H groups in total. The first-order valence-corrected chi connectivity index (χ1v) is 11.9. The molecule has 2 aromatic rings. The van der Waals surface area contributed by atoms with E-state index in [9.17, 15) is 18.0 Å². The Morgan fingerprint density at radius 2 is 1.87 bits per heavy atom. The van der Waals surface area contributed by atoms with Crippen LogP contribution >= 0.6 is 0 Å². The molecule has 2 unspecified atom stereocenters. The zero-order chi connectivity index (χ0) is 22.6. The van der Waals surface area contributed by atoms with Gasteiger partial charge < -0.3 is 9.80 Å². The van der Waals surface area contributed by atoms with Crippen LogP contribution in [0.5, 0.6) is 0 Å². The summed E-state index contributed by atoms with van der Waals surface area (Å²) in [5.41, 5.74) is 1.65. The van der Waals surface area contributed by atoms with E-state index in [1.165, 1.54) is 12.1 Å². The van der Waals surface area contributed by atoms with E-state index in [0.29, 0.717) is 25.1 Å². The average Bonchev–Trinajstić information content (AvgIpc) is 2.78.